The lowest BCUT2D eigenvalue weighted by atomic mass is 10.1. The molecule has 0 bridgehead atoms. The predicted octanol–water partition coefficient (Wildman–Crippen LogP) is 1.31. The summed E-state index contributed by atoms with van der Waals surface area (Å²) in [5, 5.41) is 0. The van der Waals surface area contributed by atoms with Crippen LogP contribution >= 0.6 is 0 Å². The molecule has 5 nitrogen and oxygen atoms in total. The van der Waals surface area contributed by atoms with Crippen LogP contribution < -0.4 is 11.3 Å². The van der Waals surface area contributed by atoms with Gasteiger partial charge in [-0.1, -0.05) is 12.8 Å². The van der Waals surface area contributed by atoms with Crippen LogP contribution in [0.5, 0.6) is 0 Å². The SMILES string of the molecule is CN(Cc1ccc(C(=O)NN)cn1)CC1CCCC1. The number of amides is 1. The van der Waals surface area contributed by atoms with Crippen LogP contribution in [-0.2, 0) is 6.54 Å². The van der Waals surface area contributed by atoms with Crippen molar-refractivity contribution in [3.05, 3.63) is 29.6 Å². The maximum atomic E-state index is 11.3. The summed E-state index contributed by atoms with van der Waals surface area (Å²) in [6.07, 6.45) is 7.03. The Morgan fingerprint density at radius 2 is 2.21 bits per heavy atom. The number of hydrogen-bond donors (Lipinski definition) is 2. The smallest absolute Gasteiger partial charge is 0.266 e. The number of hydrazine groups is 1. The van der Waals surface area contributed by atoms with Gasteiger partial charge in [0.1, 0.15) is 0 Å². The molecule has 0 unspecified atom stereocenters. The van der Waals surface area contributed by atoms with Crippen molar-refractivity contribution in [1.82, 2.24) is 15.3 Å². The van der Waals surface area contributed by atoms with Crippen LogP contribution in [0.2, 0.25) is 0 Å². The van der Waals surface area contributed by atoms with E-state index in [1.807, 2.05) is 6.07 Å². The van der Waals surface area contributed by atoms with E-state index in [-0.39, 0.29) is 5.91 Å². The van der Waals surface area contributed by atoms with E-state index in [1.54, 1.807) is 12.3 Å². The average Bonchev–Trinajstić information content (AvgIpc) is 2.91. The molecule has 19 heavy (non-hydrogen) atoms. The van der Waals surface area contributed by atoms with E-state index >= 15 is 0 Å². The lowest BCUT2D eigenvalue weighted by Gasteiger charge is -2.20. The molecule has 1 aliphatic rings. The molecule has 0 radical (unpaired) electrons. The molecule has 1 aliphatic carbocycles. The number of pyridine rings is 1. The lowest BCUT2D eigenvalue weighted by molar-refractivity contribution is 0.0953. The fourth-order valence-electron chi connectivity index (χ4n) is 2.71. The highest BCUT2D eigenvalue weighted by Gasteiger charge is 2.17. The van der Waals surface area contributed by atoms with Gasteiger partial charge in [0.2, 0.25) is 0 Å². The molecule has 1 aromatic heterocycles. The normalized spacial score (nSPS) is 15.9. The molecule has 2 rings (SSSR count). The molecule has 3 N–H and O–H groups in total. The van der Waals surface area contributed by atoms with E-state index in [1.165, 1.54) is 25.7 Å². The van der Waals surface area contributed by atoms with Crippen molar-refractivity contribution in [1.29, 1.82) is 0 Å². The lowest BCUT2D eigenvalue weighted by Crippen LogP contribution is -2.30. The molecule has 1 saturated carbocycles. The third-order valence-electron chi connectivity index (χ3n) is 3.69. The molecule has 1 aromatic rings. The highest BCUT2D eigenvalue weighted by molar-refractivity contribution is 5.93. The number of nitrogens with zero attached hydrogens (tertiary/aromatic N) is 2. The van der Waals surface area contributed by atoms with Crippen LogP contribution in [0.25, 0.3) is 0 Å². The second-order valence-electron chi connectivity index (χ2n) is 5.36. The summed E-state index contributed by atoms with van der Waals surface area (Å²) in [5.41, 5.74) is 3.57. The first-order valence-corrected chi connectivity index (χ1v) is 6.83. The Morgan fingerprint density at radius 3 is 2.79 bits per heavy atom. The van der Waals surface area contributed by atoms with E-state index < -0.39 is 0 Å². The zero-order valence-corrected chi connectivity index (χ0v) is 11.4. The Morgan fingerprint density at radius 1 is 1.47 bits per heavy atom. The predicted molar refractivity (Wildman–Crippen MR) is 74.2 cm³/mol. The summed E-state index contributed by atoms with van der Waals surface area (Å²) in [6.45, 7) is 1.95. The molecule has 0 saturated heterocycles. The number of aromatic nitrogens is 1. The quantitative estimate of drug-likeness (QED) is 0.477. The van der Waals surface area contributed by atoms with E-state index in [0.717, 1.165) is 24.7 Å². The summed E-state index contributed by atoms with van der Waals surface area (Å²) in [5.74, 6) is 5.61. The summed E-state index contributed by atoms with van der Waals surface area (Å²) in [4.78, 5) is 17.9. The van der Waals surface area contributed by atoms with Crippen LogP contribution in [-0.4, -0.2) is 29.4 Å². The highest BCUT2D eigenvalue weighted by atomic mass is 16.2. The standard InChI is InChI=1S/C14H22N4O/c1-18(9-11-4-2-3-5-11)10-13-7-6-12(8-16-13)14(19)17-15/h6-8,11H,2-5,9-10,15H2,1H3,(H,17,19). The molecule has 0 aromatic carbocycles. The van der Waals surface area contributed by atoms with Crippen LogP contribution in [0.15, 0.2) is 18.3 Å². The van der Waals surface area contributed by atoms with Gasteiger partial charge in [0.05, 0.1) is 11.3 Å². The average molecular weight is 262 g/mol. The van der Waals surface area contributed by atoms with Crippen molar-refractivity contribution in [2.75, 3.05) is 13.6 Å². The first-order chi connectivity index (χ1) is 9.19. The third kappa shape index (κ3) is 4.01. The van der Waals surface area contributed by atoms with E-state index in [9.17, 15) is 4.79 Å². The van der Waals surface area contributed by atoms with E-state index in [4.69, 9.17) is 5.84 Å². The zero-order chi connectivity index (χ0) is 13.7. The van der Waals surface area contributed by atoms with E-state index in [2.05, 4.69) is 22.4 Å². The van der Waals surface area contributed by atoms with Crippen molar-refractivity contribution in [3.63, 3.8) is 0 Å². The topological polar surface area (TPSA) is 71.2 Å². The van der Waals surface area contributed by atoms with Crippen LogP contribution in [0.3, 0.4) is 0 Å². The number of hydrogen-bond acceptors (Lipinski definition) is 4. The molecule has 104 valence electrons. The van der Waals surface area contributed by atoms with Gasteiger partial charge >= 0.3 is 0 Å². The van der Waals surface area contributed by atoms with Gasteiger partial charge in [-0.3, -0.25) is 15.2 Å². The minimum Gasteiger partial charge on any atom is -0.300 e. The molecular formula is C14H22N4O. The van der Waals surface area contributed by atoms with Gasteiger partial charge in [-0.05, 0) is 37.9 Å². The van der Waals surface area contributed by atoms with Gasteiger partial charge in [-0.2, -0.15) is 0 Å². The minimum absolute atomic E-state index is 0.307. The molecule has 1 fully saturated rings. The Hall–Kier alpha value is -1.46. The van der Waals surface area contributed by atoms with Gasteiger partial charge in [-0.25, -0.2) is 5.84 Å². The van der Waals surface area contributed by atoms with Crippen LogP contribution in [0, 0.1) is 5.92 Å². The van der Waals surface area contributed by atoms with Crippen molar-refractivity contribution in [2.24, 2.45) is 11.8 Å². The van der Waals surface area contributed by atoms with Crippen molar-refractivity contribution >= 4 is 5.91 Å². The maximum absolute atomic E-state index is 11.3. The maximum Gasteiger partial charge on any atom is 0.266 e. The van der Waals surface area contributed by atoms with Gasteiger partial charge in [0.15, 0.2) is 0 Å². The third-order valence-corrected chi connectivity index (χ3v) is 3.69. The second-order valence-corrected chi connectivity index (χ2v) is 5.36. The molecular weight excluding hydrogens is 240 g/mol. The molecule has 1 heterocycles. The summed E-state index contributed by atoms with van der Waals surface area (Å²) >= 11 is 0. The van der Waals surface area contributed by atoms with Crippen LogP contribution in [0.4, 0.5) is 0 Å². The molecule has 0 atom stereocenters. The zero-order valence-electron chi connectivity index (χ0n) is 11.4. The number of nitrogen functional groups attached to an aromatic ring is 1. The monoisotopic (exact) mass is 262 g/mol. The Balaban J connectivity index is 1.86. The molecule has 0 spiro atoms. The Bertz CT molecular complexity index is 412. The van der Waals surface area contributed by atoms with Gasteiger partial charge < -0.3 is 4.90 Å². The molecule has 0 aliphatic heterocycles. The molecule has 5 heteroatoms. The van der Waals surface area contributed by atoms with Crippen molar-refractivity contribution in [2.45, 2.75) is 32.2 Å². The fraction of sp³-hybridized carbons (Fsp3) is 0.571. The number of nitrogens with two attached hydrogens (primary N) is 1. The van der Waals surface area contributed by atoms with Gasteiger partial charge in [0, 0.05) is 19.3 Å². The second kappa shape index (κ2) is 6.63. The number of nitrogens with one attached hydrogen (secondary N) is 1. The van der Waals surface area contributed by atoms with Crippen LogP contribution in [0.1, 0.15) is 41.7 Å². The Labute approximate surface area is 114 Å². The largest absolute Gasteiger partial charge is 0.300 e. The van der Waals surface area contributed by atoms with Crippen molar-refractivity contribution in [3.8, 4) is 0 Å². The first-order valence-electron chi connectivity index (χ1n) is 6.83. The van der Waals surface area contributed by atoms with Gasteiger partial charge in [0.25, 0.3) is 5.91 Å². The minimum atomic E-state index is -0.307. The summed E-state index contributed by atoms with van der Waals surface area (Å²) < 4.78 is 0. The number of rotatable bonds is 5. The van der Waals surface area contributed by atoms with Crippen molar-refractivity contribution < 1.29 is 4.79 Å². The summed E-state index contributed by atoms with van der Waals surface area (Å²) in [7, 11) is 2.13. The highest BCUT2D eigenvalue weighted by Crippen LogP contribution is 2.25. The Kier molecular flexibility index (Phi) is 4.87. The number of carbonyl (C=O) groups is 1. The summed E-state index contributed by atoms with van der Waals surface area (Å²) in [6, 6.07) is 3.64. The fourth-order valence-corrected chi connectivity index (χ4v) is 2.71. The first kappa shape index (κ1) is 14.0. The van der Waals surface area contributed by atoms with E-state index in [0.29, 0.717) is 5.56 Å². The number of carbonyl (C=O) groups excluding carboxylic acids is 1. The van der Waals surface area contributed by atoms with Gasteiger partial charge in [-0.15, -0.1) is 0 Å². The molecule has 1 amide bonds.